The molecule has 0 aromatic heterocycles. The van der Waals surface area contributed by atoms with Gasteiger partial charge in [0, 0.05) is 18.7 Å². The Kier molecular flexibility index (Phi) is 12.0. The van der Waals surface area contributed by atoms with Gasteiger partial charge >= 0.3 is 5.97 Å². The van der Waals surface area contributed by atoms with Crippen LogP contribution >= 0.6 is 12.6 Å². The molecule has 0 bridgehead atoms. The van der Waals surface area contributed by atoms with Gasteiger partial charge in [-0.15, -0.1) is 0 Å². The molecule has 0 saturated carbocycles. The first-order chi connectivity index (χ1) is 15.1. The number of hydrogen-bond donors (Lipinski definition) is 7. The lowest BCUT2D eigenvalue weighted by atomic mass is 10.1. The van der Waals surface area contributed by atoms with E-state index in [2.05, 4.69) is 23.3 Å². The molecule has 1 aliphatic heterocycles. The molecule has 0 spiro atoms. The van der Waals surface area contributed by atoms with Crippen LogP contribution in [0, 0.1) is 0 Å². The number of nitrogens with two attached hydrogens (primary N) is 3. The minimum Gasteiger partial charge on any atom is -0.480 e. The van der Waals surface area contributed by atoms with Crippen molar-refractivity contribution in [1.29, 1.82) is 0 Å². The van der Waals surface area contributed by atoms with E-state index in [9.17, 15) is 29.1 Å². The predicted molar refractivity (Wildman–Crippen MR) is 119 cm³/mol. The number of hydrogen-bond acceptors (Lipinski definition) is 8. The summed E-state index contributed by atoms with van der Waals surface area (Å²) in [6.45, 7) is 0.704. The van der Waals surface area contributed by atoms with E-state index < -0.39 is 53.8 Å². The number of nitrogens with zero attached hydrogens (tertiary/aromatic N) is 1. The fourth-order valence-electron chi connectivity index (χ4n) is 3.41. The quantitative estimate of drug-likeness (QED) is 0.107. The van der Waals surface area contributed by atoms with Gasteiger partial charge in [-0.2, -0.15) is 12.6 Å². The van der Waals surface area contributed by atoms with Crippen LogP contribution in [0.25, 0.3) is 0 Å². The molecule has 4 unspecified atom stereocenters. The molecular formula is C19H34N6O6S. The van der Waals surface area contributed by atoms with Crippen LogP contribution < -0.4 is 27.8 Å². The maximum absolute atomic E-state index is 13.0. The van der Waals surface area contributed by atoms with E-state index in [1.807, 2.05) is 0 Å². The summed E-state index contributed by atoms with van der Waals surface area (Å²) in [6, 6.07) is -4.01. The van der Waals surface area contributed by atoms with Crippen molar-refractivity contribution in [3.05, 3.63) is 0 Å². The topological polar surface area (TPSA) is 211 Å². The highest BCUT2D eigenvalue weighted by Gasteiger charge is 2.38. The average Bonchev–Trinajstić information content (AvgIpc) is 3.24. The van der Waals surface area contributed by atoms with E-state index >= 15 is 0 Å². The van der Waals surface area contributed by atoms with E-state index in [1.165, 1.54) is 4.90 Å². The molecule has 9 N–H and O–H groups in total. The summed E-state index contributed by atoms with van der Waals surface area (Å²) in [5.74, 6) is -3.54. The van der Waals surface area contributed by atoms with E-state index in [4.69, 9.17) is 17.2 Å². The zero-order valence-electron chi connectivity index (χ0n) is 18.0. The van der Waals surface area contributed by atoms with Crippen LogP contribution in [0.4, 0.5) is 0 Å². The van der Waals surface area contributed by atoms with Crippen molar-refractivity contribution in [2.24, 2.45) is 17.2 Å². The van der Waals surface area contributed by atoms with Gasteiger partial charge in [-0.25, -0.2) is 4.79 Å². The number of carbonyl (C=O) groups excluding carboxylic acids is 4. The third kappa shape index (κ3) is 8.63. The average molecular weight is 475 g/mol. The highest BCUT2D eigenvalue weighted by Crippen LogP contribution is 2.20. The molecule has 12 nitrogen and oxygen atoms in total. The Hall–Kier alpha value is -2.38. The molecule has 4 amide bonds. The normalized spacial score (nSPS) is 18.5. The molecule has 1 saturated heterocycles. The highest BCUT2D eigenvalue weighted by atomic mass is 32.1. The fraction of sp³-hybridized carbons (Fsp3) is 0.737. The maximum Gasteiger partial charge on any atom is 0.326 e. The predicted octanol–water partition coefficient (Wildman–Crippen LogP) is -2.32. The van der Waals surface area contributed by atoms with Gasteiger partial charge in [0.05, 0.1) is 6.04 Å². The van der Waals surface area contributed by atoms with Gasteiger partial charge in [-0.05, 0) is 45.1 Å². The van der Waals surface area contributed by atoms with Gasteiger partial charge in [0.25, 0.3) is 0 Å². The van der Waals surface area contributed by atoms with Crippen molar-refractivity contribution >= 4 is 42.2 Å². The Labute approximate surface area is 192 Å². The summed E-state index contributed by atoms with van der Waals surface area (Å²) in [5.41, 5.74) is 16.3. The van der Waals surface area contributed by atoms with E-state index in [-0.39, 0.29) is 25.0 Å². The minimum absolute atomic E-state index is 0.0216. The van der Waals surface area contributed by atoms with Gasteiger partial charge < -0.3 is 37.8 Å². The third-order valence-corrected chi connectivity index (χ3v) is 5.60. The molecule has 0 aliphatic carbocycles. The van der Waals surface area contributed by atoms with Crippen LogP contribution in [0.1, 0.15) is 44.9 Å². The number of nitrogens with one attached hydrogen (secondary N) is 2. The number of thiol groups is 1. The van der Waals surface area contributed by atoms with Gasteiger partial charge in [0.15, 0.2) is 0 Å². The zero-order chi connectivity index (χ0) is 24.3. The number of unbranched alkanes of at least 4 members (excludes halogenated alkanes) is 1. The number of primary amides is 1. The van der Waals surface area contributed by atoms with Crippen molar-refractivity contribution in [3.63, 3.8) is 0 Å². The lowest BCUT2D eigenvalue weighted by Gasteiger charge is -2.28. The molecule has 1 heterocycles. The Morgan fingerprint density at radius 2 is 1.72 bits per heavy atom. The minimum atomic E-state index is -1.09. The van der Waals surface area contributed by atoms with Crippen molar-refractivity contribution in [1.82, 2.24) is 15.5 Å². The van der Waals surface area contributed by atoms with Crippen molar-refractivity contribution in [2.75, 3.05) is 18.8 Å². The van der Waals surface area contributed by atoms with Gasteiger partial charge in [0.2, 0.25) is 23.6 Å². The SMILES string of the molecule is NCCCCC(NC(=O)C(CS)NC(=O)C(N)CCC(N)=O)C(=O)N1CCCC1C(=O)O. The molecule has 182 valence electrons. The van der Waals surface area contributed by atoms with Gasteiger partial charge in [-0.3, -0.25) is 19.2 Å². The first-order valence-corrected chi connectivity index (χ1v) is 11.2. The summed E-state index contributed by atoms with van der Waals surface area (Å²) < 4.78 is 0. The van der Waals surface area contributed by atoms with Crippen LogP contribution in [-0.2, 0) is 24.0 Å². The summed E-state index contributed by atoms with van der Waals surface area (Å²) in [5, 5.41) is 14.4. The number of aliphatic carboxylic acids is 1. The molecule has 1 aliphatic rings. The fourth-order valence-corrected chi connectivity index (χ4v) is 3.67. The lowest BCUT2D eigenvalue weighted by Crippen LogP contribution is -2.57. The smallest absolute Gasteiger partial charge is 0.326 e. The third-order valence-electron chi connectivity index (χ3n) is 5.24. The monoisotopic (exact) mass is 474 g/mol. The highest BCUT2D eigenvalue weighted by molar-refractivity contribution is 7.80. The van der Waals surface area contributed by atoms with E-state index in [0.717, 1.165) is 0 Å². The van der Waals surface area contributed by atoms with Gasteiger partial charge in [0.1, 0.15) is 18.1 Å². The number of carboxylic acid groups (broad SMARTS) is 1. The number of rotatable bonds is 14. The summed E-state index contributed by atoms with van der Waals surface area (Å²) >= 11 is 4.09. The Bertz CT molecular complexity index is 693. The van der Waals surface area contributed by atoms with Crippen LogP contribution in [0.3, 0.4) is 0 Å². The molecule has 1 rings (SSSR count). The molecule has 0 aromatic rings. The van der Waals surface area contributed by atoms with Crippen molar-refractivity contribution in [2.45, 2.75) is 69.1 Å². The molecular weight excluding hydrogens is 440 g/mol. The molecule has 32 heavy (non-hydrogen) atoms. The van der Waals surface area contributed by atoms with Gasteiger partial charge in [-0.1, -0.05) is 0 Å². The maximum atomic E-state index is 13.0. The van der Waals surface area contributed by atoms with E-state index in [0.29, 0.717) is 38.8 Å². The van der Waals surface area contributed by atoms with Crippen LogP contribution in [0.2, 0.25) is 0 Å². The van der Waals surface area contributed by atoms with Crippen molar-refractivity contribution in [3.8, 4) is 0 Å². The Morgan fingerprint density at radius 1 is 1.06 bits per heavy atom. The largest absolute Gasteiger partial charge is 0.480 e. The molecule has 13 heteroatoms. The number of likely N-dealkylation sites (tertiary alicyclic amines) is 1. The second-order valence-electron chi connectivity index (χ2n) is 7.73. The summed E-state index contributed by atoms with van der Waals surface area (Å²) in [6.07, 6.45) is 2.31. The summed E-state index contributed by atoms with van der Waals surface area (Å²) in [4.78, 5) is 61.6. The van der Waals surface area contributed by atoms with Crippen molar-refractivity contribution < 1.29 is 29.1 Å². The van der Waals surface area contributed by atoms with Crippen LogP contribution in [-0.4, -0.2) is 82.6 Å². The Balaban J connectivity index is 2.84. The molecule has 0 aromatic carbocycles. The molecule has 4 atom stereocenters. The number of amides is 4. The first-order valence-electron chi connectivity index (χ1n) is 10.6. The lowest BCUT2D eigenvalue weighted by molar-refractivity contribution is -0.149. The standard InChI is InChI=1S/C19H34N6O6S/c20-8-2-1-4-12(18(29)25-9-3-5-14(25)19(30)31)23-17(28)13(10-32)24-16(27)11(21)6-7-15(22)26/h11-14,32H,1-10,20-21H2,(H2,22,26)(H,23,28)(H,24,27)(H,30,31). The molecule has 0 radical (unpaired) electrons. The first kappa shape index (κ1) is 27.7. The van der Waals surface area contributed by atoms with Crippen LogP contribution in [0.15, 0.2) is 0 Å². The second-order valence-corrected chi connectivity index (χ2v) is 8.09. The molecule has 1 fully saturated rings. The second kappa shape index (κ2) is 13.9. The number of carboxylic acids is 1. The van der Waals surface area contributed by atoms with Crippen LogP contribution in [0.5, 0.6) is 0 Å². The van der Waals surface area contributed by atoms with E-state index in [1.54, 1.807) is 0 Å². The summed E-state index contributed by atoms with van der Waals surface area (Å²) in [7, 11) is 0. The Morgan fingerprint density at radius 3 is 2.28 bits per heavy atom. The zero-order valence-corrected chi connectivity index (χ0v) is 18.9. The number of carbonyl (C=O) groups is 5.